The monoisotopic (exact) mass is 201 g/mol. The molecule has 2 heterocycles. The second kappa shape index (κ2) is 4.04. The third kappa shape index (κ3) is 2.28. The molecule has 0 aliphatic rings. The number of nitrogens with zero attached hydrogens (tertiary/aromatic N) is 3. The van der Waals surface area contributed by atoms with Crippen LogP contribution in [0.25, 0.3) is 0 Å². The standard InChI is InChI=1S/C11H11N3O/c1-9(15)10-6-13-14(7-10)8-11-4-2-3-5-12-11/h2-7H,8H2,1H3. The molecule has 2 aromatic rings. The number of ketones is 1. The number of pyridine rings is 1. The average molecular weight is 201 g/mol. The van der Waals surface area contributed by atoms with Gasteiger partial charge < -0.3 is 0 Å². The number of Topliss-reactive ketones (excluding diaryl/α,β-unsaturated/α-hetero) is 1. The summed E-state index contributed by atoms with van der Waals surface area (Å²) in [6.45, 7) is 2.12. The lowest BCUT2D eigenvalue weighted by Gasteiger charge is -1.99. The molecule has 0 atom stereocenters. The van der Waals surface area contributed by atoms with Crippen LogP contribution in [0.1, 0.15) is 23.0 Å². The molecule has 4 heteroatoms. The summed E-state index contributed by atoms with van der Waals surface area (Å²) in [6, 6.07) is 5.72. The first kappa shape index (κ1) is 9.58. The summed E-state index contributed by atoms with van der Waals surface area (Å²) in [5, 5.41) is 4.09. The smallest absolute Gasteiger partial charge is 0.162 e. The molecule has 2 aromatic heterocycles. The Kier molecular flexibility index (Phi) is 2.58. The van der Waals surface area contributed by atoms with Gasteiger partial charge in [-0.2, -0.15) is 5.10 Å². The molecule has 0 N–H and O–H groups in total. The number of rotatable bonds is 3. The highest BCUT2D eigenvalue weighted by Gasteiger charge is 2.03. The molecular formula is C11H11N3O. The molecule has 76 valence electrons. The van der Waals surface area contributed by atoms with Crippen LogP contribution >= 0.6 is 0 Å². The Hall–Kier alpha value is -1.97. The van der Waals surface area contributed by atoms with Crippen molar-refractivity contribution in [3.63, 3.8) is 0 Å². The third-order valence-corrected chi connectivity index (χ3v) is 2.09. The van der Waals surface area contributed by atoms with Crippen molar-refractivity contribution in [2.24, 2.45) is 0 Å². The van der Waals surface area contributed by atoms with Gasteiger partial charge in [0.25, 0.3) is 0 Å². The van der Waals surface area contributed by atoms with Gasteiger partial charge in [0, 0.05) is 12.4 Å². The molecule has 0 radical (unpaired) electrons. The lowest BCUT2D eigenvalue weighted by Crippen LogP contribution is -2.01. The summed E-state index contributed by atoms with van der Waals surface area (Å²) >= 11 is 0. The highest BCUT2D eigenvalue weighted by molar-refractivity contribution is 5.93. The first-order chi connectivity index (χ1) is 7.25. The fraction of sp³-hybridized carbons (Fsp3) is 0.182. The molecule has 4 nitrogen and oxygen atoms in total. The summed E-state index contributed by atoms with van der Waals surface area (Å²) in [4.78, 5) is 15.2. The maximum atomic E-state index is 11.0. The Morgan fingerprint density at radius 3 is 2.93 bits per heavy atom. The third-order valence-electron chi connectivity index (χ3n) is 2.09. The van der Waals surface area contributed by atoms with Crippen LogP contribution in [0.15, 0.2) is 36.8 Å². The molecule has 0 amide bonds. The van der Waals surface area contributed by atoms with Crippen LogP contribution in [0, 0.1) is 0 Å². The molecule has 0 aliphatic heterocycles. The van der Waals surface area contributed by atoms with Crippen LogP contribution < -0.4 is 0 Å². The summed E-state index contributed by atoms with van der Waals surface area (Å²) in [5.74, 6) is 0.0299. The van der Waals surface area contributed by atoms with Gasteiger partial charge in [-0.05, 0) is 19.1 Å². The number of hydrogen-bond donors (Lipinski definition) is 0. The average Bonchev–Trinajstić information content (AvgIpc) is 2.68. The predicted molar refractivity (Wildman–Crippen MR) is 55.6 cm³/mol. The number of hydrogen-bond acceptors (Lipinski definition) is 3. The number of carbonyl (C=O) groups excluding carboxylic acids is 1. The van der Waals surface area contributed by atoms with Crippen molar-refractivity contribution in [1.82, 2.24) is 14.8 Å². The minimum absolute atomic E-state index is 0.0299. The SMILES string of the molecule is CC(=O)c1cnn(Cc2ccccn2)c1. The number of carbonyl (C=O) groups is 1. The Morgan fingerprint density at radius 2 is 2.33 bits per heavy atom. The van der Waals surface area contributed by atoms with Crippen molar-refractivity contribution in [1.29, 1.82) is 0 Å². The van der Waals surface area contributed by atoms with Gasteiger partial charge in [0.15, 0.2) is 5.78 Å². The molecule has 0 unspecified atom stereocenters. The first-order valence-electron chi connectivity index (χ1n) is 4.69. The molecule has 0 fully saturated rings. The van der Waals surface area contributed by atoms with Crippen molar-refractivity contribution >= 4 is 5.78 Å². The van der Waals surface area contributed by atoms with Gasteiger partial charge in [0.2, 0.25) is 0 Å². The maximum Gasteiger partial charge on any atom is 0.162 e. The van der Waals surface area contributed by atoms with E-state index in [0.717, 1.165) is 5.69 Å². The highest BCUT2D eigenvalue weighted by atomic mass is 16.1. The maximum absolute atomic E-state index is 11.0. The van der Waals surface area contributed by atoms with Gasteiger partial charge in [-0.3, -0.25) is 14.5 Å². The molecule has 0 saturated heterocycles. The molecule has 15 heavy (non-hydrogen) atoms. The van der Waals surface area contributed by atoms with E-state index in [1.807, 2.05) is 18.2 Å². The lowest BCUT2D eigenvalue weighted by atomic mass is 10.3. The van der Waals surface area contributed by atoms with E-state index in [9.17, 15) is 4.79 Å². The highest BCUT2D eigenvalue weighted by Crippen LogP contribution is 2.01. The van der Waals surface area contributed by atoms with E-state index < -0.39 is 0 Å². The van der Waals surface area contributed by atoms with E-state index in [0.29, 0.717) is 12.1 Å². The normalized spacial score (nSPS) is 10.2. The Morgan fingerprint density at radius 1 is 1.47 bits per heavy atom. The summed E-state index contributed by atoms with van der Waals surface area (Å²) in [5.41, 5.74) is 1.56. The van der Waals surface area contributed by atoms with Gasteiger partial charge in [-0.25, -0.2) is 0 Å². The van der Waals surface area contributed by atoms with Crippen LogP contribution in [0.3, 0.4) is 0 Å². The van der Waals surface area contributed by atoms with Crippen LogP contribution in [-0.2, 0) is 6.54 Å². The zero-order chi connectivity index (χ0) is 10.7. The molecule has 0 aliphatic carbocycles. The number of aromatic nitrogens is 3. The second-order valence-electron chi connectivity index (χ2n) is 3.30. The van der Waals surface area contributed by atoms with E-state index in [1.165, 1.54) is 6.92 Å². The van der Waals surface area contributed by atoms with Crippen LogP contribution in [0.4, 0.5) is 0 Å². The lowest BCUT2D eigenvalue weighted by molar-refractivity contribution is 0.101. The largest absolute Gasteiger partial charge is 0.294 e. The predicted octanol–water partition coefficient (Wildman–Crippen LogP) is 1.53. The van der Waals surface area contributed by atoms with Gasteiger partial charge in [0.1, 0.15) is 0 Å². The van der Waals surface area contributed by atoms with Gasteiger partial charge >= 0.3 is 0 Å². The fourth-order valence-corrected chi connectivity index (χ4v) is 1.29. The zero-order valence-corrected chi connectivity index (χ0v) is 8.42. The Labute approximate surface area is 87.6 Å². The summed E-state index contributed by atoms with van der Waals surface area (Å²) < 4.78 is 1.71. The zero-order valence-electron chi connectivity index (χ0n) is 8.42. The van der Waals surface area contributed by atoms with E-state index >= 15 is 0 Å². The van der Waals surface area contributed by atoms with E-state index in [1.54, 1.807) is 23.3 Å². The molecule has 0 aromatic carbocycles. The first-order valence-corrected chi connectivity index (χ1v) is 4.69. The van der Waals surface area contributed by atoms with Crippen LogP contribution in [0.2, 0.25) is 0 Å². The van der Waals surface area contributed by atoms with Gasteiger partial charge in [0.05, 0.1) is 24.0 Å². The van der Waals surface area contributed by atoms with Crippen molar-refractivity contribution < 1.29 is 4.79 Å². The van der Waals surface area contributed by atoms with Gasteiger partial charge in [-0.15, -0.1) is 0 Å². The summed E-state index contributed by atoms with van der Waals surface area (Å²) in [6.07, 6.45) is 5.05. The molecular weight excluding hydrogens is 190 g/mol. The Bertz CT molecular complexity index is 462. The Balaban J connectivity index is 2.15. The fourth-order valence-electron chi connectivity index (χ4n) is 1.29. The minimum Gasteiger partial charge on any atom is -0.294 e. The molecule has 0 saturated carbocycles. The molecule has 2 rings (SSSR count). The van der Waals surface area contributed by atoms with E-state index in [4.69, 9.17) is 0 Å². The van der Waals surface area contributed by atoms with Crippen molar-refractivity contribution in [2.45, 2.75) is 13.5 Å². The van der Waals surface area contributed by atoms with Crippen LogP contribution in [0.5, 0.6) is 0 Å². The second-order valence-corrected chi connectivity index (χ2v) is 3.30. The van der Waals surface area contributed by atoms with E-state index in [2.05, 4.69) is 10.1 Å². The van der Waals surface area contributed by atoms with Crippen molar-refractivity contribution in [2.75, 3.05) is 0 Å². The van der Waals surface area contributed by atoms with Gasteiger partial charge in [-0.1, -0.05) is 6.07 Å². The topological polar surface area (TPSA) is 47.8 Å². The molecule has 0 bridgehead atoms. The van der Waals surface area contributed by atoms with Crippen molar-refractivity contribution in [3.8, 4) is 0 Å². The van der Waals surface area contributed by atoms with Crippen LogP contribution in [-0.4, -0.2) is 20.5 Å². The van der Waals surface area contributed by atoms with E-state index in [-0.39, 0.29) is 5.78 Å². The van der Waals surface area contributed by atoms with Crippen molar-refractivity contribution in [3.05, 3.63) is 48.0 Å². The quantitative estimate of drug-likeness (QED) is 0.707. The molecule has 0 spiro atoms. The minimum atomic E-state index is 0.0299. The summed E-state index contributed by atoms with van der Waals surface area (Å²) in [7, 11) is 0.